The third-order valence-electron chi connectivity index (χ3n) is 11.6. The van der Waals surface area contributed by atoms with Crippen LogP contribution < -0.4 is 16.0 Å². The normalized spacial score (nSPS) is 20.1. The molecule has 1 aromatic heterocycles. The van der Waals surface area contributed by atoms with Gasteiger partial charge in [-0.2, -0.15) is 0 Å². The highest BCUT2D eigenvalue weighted by Crippen LogP contribution is 2.44. The number of amidine groups is 1. The van der Waals surface area contributed by atoms with Crippen LogP contribution in [0.4, 0.5) is 15.3 Å². The van der Waals surface area contributed by atoms with E-state index in [1.807, 2.05) is 18.7 Å². The lowest BCUT2D eigenvalue weighted by atomic mass is 9.84. The van der Waals surface area contributed by atoms with Crippen LogP contribution in [0.5, 0.6) is 0 Å². The van der Waals surface area contributed by atoms with Gasteiger partial charge in [-0.15, -0.1) is 0 Å². The number of imidazole rings is 1. The van der Waals surface area contributed by atoms with E-state index in [1.165, 1.54) is 14.2 Å². The molecule has 3 aromatic carbocycles. The van der Waals surface area contributed by atoms with Crippen molar-refractivity contribution in [2.45, 2.75) is 63.2 Å². The second-order valence-electron chi connectivity index (χ2n) is 15.5. The lowest BCUT2D eigenvalue weighted by Crippen LogP contribution is -2.56. The maximum Gasteiger partial charge on any atom is 0.407 e. The zero-order valence-electron chi connectivity index (χ0n) is 32.6. The van der Waals surface area contributed by atoms with E-state index in [4.69, 9.17) is 14.5 Å². The van der Waals surface area contributed by atoms with Crippen molar-refractivity contribution < 1.29 is 33.4 Å². The van der Waals surface area contributed by atoms with E-state index in [1.54, 1.807) is 11.1 Å². The van der Waals surface area contributed by atoms with Crippen molar-refractivity contribution in [1.82, 2.24) is 30.4 Å². The van der Waals surface area contributed by atoms with Gasteiger partial charge in [0.1, 0.15) is 29.8 Å². The Morgan fingerprint density at radius 2 is 1.54 bits per heavy atom. The van der Waals surface area contributed by atoms with E-state index in [9.17, 15) is 19.2 Å². The predicted molar refractivity (Wildman–Crippen MR) is 214 cm³/mol. The molecule has 3 atom stereocenters. The first kappa shape index (κ1) is 37.9. The monoisotopic (exact) mass is 776 g/mol. The predicted octanol–water partition coefficient (Wildman–Crippen LogP) is 5.34. The summed E-state index contributed by atoms with van der Waals surface area (Å²) >= 11 is 0. The molecule has 3 saturated heterocycles. The first-order chi connectivity index (χ1) is 27.6. The smallest absolute Gasteiger partial charge is 0.407 e. The van der Waals surface area contributed by atoms with Crippen LogP contribution in [0.1, 0.15) is 57.0 Å². The second kappa shape index (κ2) is 15.5. The Bertz CT molecular complexity index is 2250. The zero-order valence-corrected chi connectivity index (χ0v) is 32.6. The number of nitrogens with zero attached hydrogens (tertiary/aromatic N) is 4. The maximum absolute atomic E-state index is 13.9. The van der Waals surface area contributed by atoms with Crippen LogP contribution in [0.25, 0.3) is 33.2 Å². The van der Waals surface area contributed by atoms with Crippen molar-refractivity contribution in [3.8, 4) is 22.4 Å². The minimum atomic E-state index is -0.716. The number of hydrogen-bond donors (Lipinski definition) is 4. The molecule has 0 saturated carbocycles. The average molecular weight is 777 g/mol. The molecule has 0 unspecified atom stereocenters. The number of anilines is 1. The van der Waals surface area contributed by atoms with Gasteiger partial charge in [0, 0.05) is 29.9 Å². The molecule has 4 amide bonds. The third kappa shape index (κ3) is 7.27. The number of hydrogen-bond acceptors (Lipinski definition) is 10. The van der Waals surface area contributed by atoms with E-state index in [0.29, 0.717) is 26.3 Å². The highest BCUT2D eigenvalue weighted by atomic mass is 16.5. The van der Waals surface area contributed by atoms with E-state index in [0.717, 1.165) is 81.8 Å². The van der Waals surface area contributed by atoms with Gasteiger partial charge in [0.2, 0.25) is 11.8 Å². The maximum atomic E-state index is 13.9. The Balaban J connectivity index is 1.00. The van der Waals surface area contributed by atoms with Gasteiger partial charge in [-0.25, -0.2) is 14.6 Å². The standard InChI is InChI=1S/C42H48N8O7/c1-24(2)36(47-41(54)56-4)39(52)50-16-6-8-34(50)38-45-31-19-28(13-14-30(31)42(48-38)22-57-23-42)26-9-10-27-18-29(12-11-25(27)17-26)32-20-43-37(46-32)33-7-5-15-49(33)35(51)21-44-40(53)55-3/h9-14,17-20,24,33-34,36H,5-8,15-16,21-23H2,1-4H3,(H,43,46)(H,44,53)(H,45,48)(H,47,54)/t33-,34-,36-/m0/s1. The molecule has 4 aromatic rings. The molecule has 15 heteroatoms. The molecule has 15 nitrogen and oxygen atoms in total. The minimum Gasteiger partial charge on any atom is -0.453 e. The Morgan fingerprint density at radius 1 is 0.877 bits per heavy atom. The first-order valence-corrected chi connectivity index (χ1v) is 19.5. The van der Waals surface area contributed by atoms with Crippen LogP contribution in [0.3, 0.4) is 0 Å². The van der Waals surface area contributed by atoms with Crippen LogP contribution in [0.2, 0.25) is 0 Å². The molecule has 4 aliphatic heterocycles. The quantitative estimate of drug-likeness (QED) is 0.175. The highest BCUT2D eigenvalue weighted by Gasteiger charge is 2.47. The first-order valence-electron chi connectivity index (χ1n) is 19.5. The van der Waals surface area contributed by atoms with Crippen LogP contribution in [0, 0.1) is 5.92 Å². The Hall–Kier alpha value is -5.96. The number of benzene rings is 3. The molecule has 57 heavy (non-hydrogen) atoms. The highest BCUT2D eigenvalue weighted by molar-refractivity contribution is 6.05. The summed E-state index contributed by atoms with van der Waals surface area (Å²) in [6.45, 7) is 5.79. The van der Waals surface area contributed by atoms with Crippen molar-refractivity contribution in [1.29, 1.82) is 0 Å². The van der Waals surface area contributed by atoms with Crippen molar-refractivity contribution in [2.75, 3.05) is 52.4 Å². The molecule has 298 valence electrons. The lowest BCUT2D eigenvalue weighted by Gasteiger charge is -2.44. The van der Waals surface area contributed by atoms with Crippen molar-refractivity contribution in [2.24, 2.45) is 10.9 Å². The van der Waals surface area contributed by atoms with Gasteiger partial charge in [0.15, 0.2) is 0 Å². The molecule has 1 spiro atoms. The topological polar surface area (TPSA) is 180 Å². The summed E-state index contributed by atoms with van der Waals surface area (Å²) in [6, 6.07) is 18.0. The van der Waals surface area contributed by atoms with E-state index >= 15 is 0 Å². The molecule has 4 N–H and O–H groups in total. The fourth-order valence-corrected chi connectivity index (χ4v) is 8.47. The molecule has 8 rings (SSSR count). The Labute approximate surface area is 330 Å². The molecule has 0 radical (unpaired) electrons. The molecular formula is C42H48N8O7. The Kier molecular flexibility index (Phi) is 10.3. The van der Waals surface area contributed by atoms with Gasteiger partial charge >= 0.3 is 12.2 Å². The number of rotatable bonds is 9. The zero-order chi connectivity index (χ0) is 39.8. The van der Waals surface area contributed by atoms with E-state index in [2.05, 4.69) is 85.3 Å². The van der Waals surface area contributed by atoms with Crippen LogP contribution in [-0.4, -0.2) is 109 Å². The van der Waals surface area contributed by atoms with Gasteiger partial charge in [0.25, 0.3) is 0 Å². The summed E-state index contributed by atoms with van der Waals surface area (Å²) in [7, 11) is 2.56. The van der Waals surface area contributed by atoms with Gasteiger partial charge in [-0.1, -0.05) is 50.2 Å². The number of alkyl carbamates (subject to hydrolysis) is 2. The Morgan fingerprint density at radius 3 is 2.25 bits per heavy atom. The van der Waals surface area contributed by atoms with Crippen molar-refractivity contribution in [3.63, 3.8) is 0 Å². The molecule has 5 heterocycles. The summed E-state index contributed by atoms with van der Waals surface area (Å²) in [4.78, 5) is 67.3. The lowest BCUT2D eigenvalue weighted by molar-refractivity contribution is -0.134. The fraction of sp³-hybridized carbons (Fsp3) is 0.429. The van der Waals surface area contributed by atoms with Gasteiger partial charge in [-0.3, -0.25) is 14.6 Å². The van der Waals surface area contributed by atoms with Crippen molar-refractivity contribution >= 4 is 46.3 Å². The van der Waals surface area contributed by atoms with Crippen molar-refractivity contribution in [3.05, 3.63) is 72.2 Å². The summed E-state index contributed by atoms with van der Waals surface area (Å²) < 4.78 is 15.1. The number of nitrogens with one attached hydrogen (secondary N) is 4. The summed E-state index contributed by atoms with van der Waals surface area (Å²) in [5.74, 6) is 1.01. The fourth-order valence-electron chi connectivity index (χ4n) is 8.47. The average Bonchev–Trinajstić information content (AvgIpc) is 4.01. The number of fused-ring (bicyclic) bond motifs is 3. The van der Waals surface area contributed by atoms with Crippen LogP contribution >= 0.6 is 0 Å². The molecule has 0 aliphatic carbocycles. The molecule has 3 fully saturated rings. The SMILES string of the molecule is COC(=O)NCC(=O)N1CCC[C@H]1c1ncc(-c2ccc3cc(-c4ccc5c(c4)NC([C@@H]4CCCN4C(=O)[C@@H](NC(=O)OC)C(C)C)=NC54COC4)ccc3c2)[nH]1. The van der Waals surface area contributed by atoms with Crippen LogP contribution in [0.15, 0.2) is 65.8 Å². The molecule has 4 aliphatic rings. The summed E-state index contributed by atoms with van der Waals surface area (Å²) in [5, 5.41) is 11.0. The number of amides is 4. The van der Waals surface area contributed by atoms with E-state index < -0.39 is 23.8 Å². The number of carbonyl (C=O) groups is 4. The molecular weight excluding hydrogens is 729 g/mol. The third-order valence-corrected chi connectivity index (χ3v) is 11.6. The summed E-state index contributed by atoms with van der Waals surface area (Å²) in [5.41, 5.74) is 5.43. The number of likely N-dealkylation sites (tertiary alicyclic amines) is 2. The number of aromatic amines is 1. The van der Waals surface area contributed by atoms with Gasteiger partial charge in [0.05, 0.1) is 51.4 Å². The second-order valence-corrected chi connectivity index (χ2v) is 15.5. The number of aliphatic imine (C=N–C) groups is 1. The number of ether oxygens (including phenoxy) is 3. The van der Waals surface area contributed by atoms with E-state index in [-0.39, 0.29) is 36.4 Å². The van der Waals surface area contributed by atoms with Gasteiger partial charge in [-0.05, 0) is 71.7 Å². The summed E-state index contributed by atoms with van der Waals surface area (Å²) in [6.07, 6.45) is 3.76. The number of H-pyrrole nitrogens is 1. The number of carbonyl (C=O) groups excluding carboxylic acids is 4. The largest absolute Gasteiger partial charge is 0.453 e. The number of methoxy groups -OCH3 is 2. The van der Waals surface area contributed by atoms with Gasteiger partial charge < -0.3 is 44.9 Å². The number of aromatic nitrogens is 2. The van der Waals surface area contributed by atoms with Crippen LogP contribution in [-0.2, 0) is 29.3 Å². The molecule has 0 bridgehead atoms. The minimum absolute atomic E-state index is 0.128.